The van der Waals surface area contributed by atoms with Gasteiger partial charge in [0.1, 0.15) is 0 Å². The van der Waals surface area contributed by atoms with Gasteiger partial charge in [0.05, 0.1) is 18.9 Å². The van der Waals surface area contributed by atoms with Gasteiger partial charge in [-0.2, -0.15) is 0 Å². The van der Waals surface area contributed by atoms with E-state index in [-0.39, 0.29) is 11.9 Å². The molecule has 2 aromatic carbocycles. The Bertz CT molecular complexity index is 852. The fourth-order valence-corrected chi connectivity index (χ4v) is 4.06. The minimum Gasteiger partial charge on any atom is -0.379 e. The lowest BCUT2D eigenvalue weighted by atomic mass is 10.1. The normalized spacial score (nSPS) is 23.7. The predicted octanol–water partition coefficient (Wildman–Crippen LogP) is 2.21. The minimum absolute atomic E-state index is 0.278. The van der Waals surface area contributed by atoms with Gasteiger partial charge in [-0.3, -0.25) is 19.5 Å². The third kappa shape index (κ3) is 2.71. The summed E-state index contributed by atoms with van der Waals surface area (Å²) in [5.41, 5.74) is 1.25. The lowest BCUT2D eigenvalue weighted by molar-refractivity contribution is -0.144. The molecular formula is C21H24N4O3. The average molecular weight is 380 g/mol. The number of benzene rings is 2. The second kappa shape index (κ2) is 7.35. The van der Waals surface area contributed by atoms with Gasteiger partial charge in [0.2, 0.25) is 5.79 Å². The van der Waals surface area contributed by atoms with Gasteiger partial charge in [-0.1, -0.05) is 36.4 Å². The number of para-hydroxylation sites is 2. The van der Waals surface area contributed by atoms with E-state index in [0.29, 0.717) is 37.7 Å². The van der Waals surface area contributed by atoms with Crippen LogP contribution in [0.2, 0.25) is 0 Å². The highest BCUT2D eigenvalue weighted by Gasteiger charge is 2.63. The van der Waals surface area contributed by atoms with Crippen LogP contribution < -0.4 is 9.80 Å². The molecule has 2 heterocycles. The number of anilines is 2. The van der Waals surface area contributed by atoms with Crippen LogP contribution in [0.4, 0.5) is 16.2 Å². The Balaban J connectivity index is 1.91. The van der Waals surface area contributed by atoms with E-state index in [1.807, 2.05) is 72.4 Å². The topological polar surface area (TPSA) is 56.3 Å². The first-order valence-corrected chi connectivity index (χ1v) is 9.37. The van der Waals surface area contributed by atoms with Crippen molar-refractivity contribution >= 4 is 23.3 Å². The number of likely N-dealkylation sites (N-methyl/N-ethyl adjacent to an activating group) is 1. The van der Waals surface area contributed by atoms with Crippen molar-refractivity contribution in [3.05, 3.63) is 60.7 Å². The molecule has 0 bridgehead atoms. The number of imide groups is 1. The van der Waals surface area contributed by atoms with Crippen LogP contribution in [0.5, 0.6) is 0 Å². The Morgan fingerprint density at radius 3 is 1.93 bits per heavy atom. The van der Waals surface area contributed by atoms with Gasteiger partial charge in [0.15, 0.2) is 0 Å². The van der Waals surface area contributed by atoms with E-state index in [4.69, 9.17) is 4.74 Å². The molecule has 28 heavy (non-hydrogen) atoms. The second-order valence-electron chi connectivity index (χ2n) is 7.06. The van der Waals surface area contributed by atoms with Gasteiger partial charge >= 0.3 is 6.03 Å². The summed E-state index contributed by atoms with van der Waals surface area (Å²) in [7, 11) is 3.68. The van der Waals surface area contributed by atoms with Gasteiger partial charge in [-0.25, -0.2) is 9.69 Å². The molecule has 146 valence electrons. The van der Waals surface area contributed by atoms with Crippen LogP contribution >= 0.6 is 0 Å². The molecule has 1 unspecified atom stereocenters. The number of amides is 3. The summed E-state index contributed by atoms with van der Waals surface area (Å²) in [4.78, 5) is 34.3. The lowest BCUT2D eigenvalue weighted by Crippen LogP contribution is -2.71. The molecule has 0 aromatic heterocycles. The van der Waals surface area contributed by atoms with Crippen LogP contribution in [0.3, 0.4) is 0 Å². The van der Waals surface area contributed by atoms with Crippen LogP contribution in [0.15, 0.2) is 60.7 Å². The monoisotopic (exact) mass is 380 g/mol. The zero-order valence-electron chi connectivity index (χ0n) is 16.1. The average Bonchev–Trinajstić information content (AvgIpc) is 2.97. The summed E-state index contributed by atoms with van der Waals surface area (Å²) in [5.74, 6) is -1.53. The molecule has 7 heteroatoms. The van der Waals surface area contributed by atoms with Crippen LogP contribution in [-0.2, 0) is 9.53 Å². The number of urea groups is 1. The van der Waals surface area contributed by atoms with Crippen molar-refractivity contribution in [1.29, 1.82) is 0 Å². The van der Waals surface area contributed by atoms with Crippen LogP contribution in [0, 0.1) is 0 Å². The standard InChI is InChI=1S/C21H24N4O3/c1-22(2)21(23-13-15-28-16-14-23)19(26)24(17-9-5-3-6-10-17)20(27)25(21)18-11-7-4-8-12-18/h3-12H,13-16H2,1-2H3. The molecule has 0 spiro atoms. The molecule has 2 aliphatic rings. The highest BCUT2D eigenvalue weighted by molar-refractivity contribution is 6.30. The van der Waals surface area contributed by atoms with E-state index in [2.05, 4.69) is 0 Å². The maximum Gasteiger partial charge on any atom is 0.339 e. The molecule has 4 rings (SSSR count). The zero-order valence-corrected chi connectivity index (χ0v) is 16.1. The molecule has 0 N–H and O–H groups in total. The van der Waals surface area contributed by atoms with Crippen LogP contribution in [0.1, 0.15) is 0 Å². The third-order valence-electron chi connectivity index (χ3n) is 5.29. The molecular weight excluding hydrogens is 356 g/mol. The van der Waals surface area contributed by atoms with Gasteiger partial charge in [-0.05, 0) is 38.4 Å². The van der Waals surface area contributed by atoms with E-state index >= 15 is 0 Å². The Labute approximate surface area is 164 Å². The highest BCUT2D eigenvalue weighted by atomic mass is 16.5. The summed E-state index contributed by atoms with van der Waals surface area (Å²) < 4.78 is 5.51. The Kier molecular flexibility index (Phi) is 4.89. The number of nitrogens with zero attached hydrogens (tertiary/aromatic N) is 4. The third-order valence-corrected chi connectivity index (χ3v) is 5.29. The maximum absolute atomic E-state index is 13.9. The molecule has 0 radical (unpaired) electrons. The highest BCUT2D eigenvalue weighted by Crippen LogP contribution is 2.40. The van der Waals surface area contributed by atoms with Crippen molar-refractivity contribution in [3.63, 3.8) is 0 Å². The predicted molar refractivity (Wildman–Crippen MR) is 107 cm³/mol. The van der Waals surface area contributed by atoms with E-state index in [1.54, 1.807) is 17.0 Å². The van der Waals surface area contributed by atoms with Crippen molar-refractivity contribution < 1.29 is 14.3 Å². The Morgan fingerprint density at radius 1 is 0.857 bits per heavy atom. The molecule has 2 aromatic rings. The number of carbonyl (C=O) groups excluding carboxylic acids is 2. The maximum atomic E-state index is 13.9. The zero-order chi connectivity index (χ0) is 19.7. The number of morpholine rings is 1. The van der Waals surface area contributed by atoms with Gasteiger partial charge in [0, 0.05) is 18.8 Å². The number of hydrogen-bond donors (Lipinski definition) is 0. The van der Waals surface area contributed by atoms with Gasteiger partial charge in [-0.15, -0.1) is 0 Å². The second-order valence-corrected chi connectivity index (χ2v) is 7.06. The number of carbonyl (C=O) groups is 2. The fraction of sp³-hybridized carbons (Fsp3) is 0.333. The Morgan fingerprint density at radius 2 is 1.39 bits per heavy atom. The minimum atomic E-state index is -1.25. The molecule has 0 aliphatic carbocycles. The quantitative estimate of drug-likeness (QED) is 0.762. The van der Waals surface area contributed by atoms with Crippen LogP contribution in [-0.4, -0.2) is 67.9 Å². The summed E-state index contributed by atoms with van der Waals surface area (Å²) in [6, 6.07) is 18.1. The van der Waals surface area contributed by atoms with Crippen molar-refractivity contribution in [1.82, 2.24) is 9.80 Å². The first-order valence-electron chi connectivity index (χ1n) is 9.37. The largest absolute Gasteiger partial charge is 0.379 e. The van der Waals surface area contributed by atoms with E-state index in [9.17, 15) is 9.59 Å². The van der Waals surface area contributed by atoms with E-state index < -0.39 is 5.79 Å². The van der Waals surface area contributed by atoms with Crippen molar-refractivity contribution in [3.8, 4) is 0 Å². The molecule has 2 aliphatic heterocycles. The van der Waals surface area contributed by atoms with Crippen LogP contribution in [0.25, 0.3) is 0 Å². The first kappa shape index (κ1) is 18.6. The molecule has 1 atom stereocenters. The lowest BCUT2D eigenvalue weighted by Gasteiger charge is -2.48. The summed E-state index contributed by atoms with van der Waals surface area (Å²) in [6.07, 6.45) is 0. The molecule has 7 nitrogen and oxygen atoms in total. The van der Waals surface area contributed by atoms with Gasteiger partial charge in [0.25, 0.3) is 5.91 Å². The van der Waals surface area contributed by atoms with Crippen molar-refractivity contribution in [2.75, 3.05) is 50.2 Å². The Hall–Kier alpha value is -2.74. The summed E-state index contributed by atoms with van der Waals surface area (Å²) in [5, 5.41) is 0. The summed E-state index contributed by atoms with van der Waals surface area (Å²) in [6.45, 7) is 2.16. The van der Waals surface area contributed by atoms with Crippen molar-refractivity contribution in [2.24, 2.45) is 0 Å². The first-order chi connectivity index (χ1) is 13.6. The number of rotatable bonds is 4. The summed E-state index contributed by atoms with van der Waals surface area (Å²) >= 11 is 0. The molecule has 0 saturated carbocycles. The van der Waals surface area contributed by atoms with Crippen molar-refractivity contribution in [2.45, 2.75) is 5.79 Å². The number of hydrogen-bond acceptors (Lipinski definition) is 5. The van der Waals surface area contributed by atoms with Gasteiger partial charge < -0.3 is 4.74 Å². The SMILES string of the molecule is CN(C)C1(N2CCOCC2)C(=O)N(c2ccccc2)C(=O)N1c1ccccc1. The number of ether oxygens (including phenoxy) is 1. The molecule has 3 amide bonds. The van der Waals surface area contributed by atoms with E-state index in [1.165, 1.54) is 4.90 Å². The van der Waals surface area contributed by atoms with E-state index in [0.717, 1.165) is 0 Å². The fourth-order valence-electron chi connectivity index (χ4n) is 4.06. The molecule has 2 saturated heterocycles. The smallest absolute Gasteiger partial charge is 0.339 e. The molecule has 2 fully saturated rings.